The van der Waals surface area contributed by atoms with Gasteiger partial charge >= 0.3 is 6.03 Å². The van der Waals surface area contributed by atoms with Gasteiger partial charge in [0.2, 0.25) is 0 Å². The molecule has 0 fully saturated rings. The molecule has 2 amide bonds. The van der Waals surface area contributed by atoms with E-state index < -0.39 is 11.0 Å². The molecule has 0 saturated heterocycles. The number of amides is 2. The molecular formula is C15H14BrN3O4. The van der Waals surface area contributed by atoms with Crippen LogP contribution in [0.4, 0.5) is 16.2 Å². The molecule has 7 nitrogen and oxygen atoms in total. The van der Waals surface area contributed by atoms with Crippen LogP contribution in [0.3, 0.4) is 0 Å². The van der Waals surface area contributed by atoms with Crippen LogP contribution in [0.5, 0.6) is 5.75 Å². The number of methoxy groups -OCH3 is 1. The Hall–Kier alpha value is -2.61. The number of hydrogen-bond acceptors (Lipinski definition) is 4. The third-order valence-corrected chi connectivity index (χ3v) is 3.48. The number of nitro groups is 1. The molecule has 0 aliphatic heterocycles. The van der Waals surface area contributed by atoms with Crippen LogP contribution < -0.4 is 15.4 Å². The molecule has 0 saturated carbocycles. The molecule has 2 aromatic rings. The molecule has 2 aromatic carbocycles. The number of carbonyl (C=O) groups excluding carboxylic acids is 1. The van der Waals surface area contributed by atoms with Gasteiger partial charge in [0, 0.05) is 17.1 Å². The maximum absolute atomic E-state index is 11.9. The van der Waals surface area contributed by atoms with Gasteiger partial charge in [0.1, 0.15) is 5.75 Å². The van der Waals surface area contributed by atoms with Gasteiger partial charge in [-0.2, -0.15) is 0 Å². The Morgan fingerprint density at radius 1 is 1.30 bits per heavy atom. The molecule has 23 heavy (non-hydrogen) atoms. The molecule has 0 aliphatic rings. The molecule has 2 rings (SSSR count). The van der Waals surface area contributed by atoms with Gasteiger partial charge in [0.05, 0.1) is 23.8 Å². The lowest BCUT2D eigenvalue weighted by atomic mass is 10.2. The van der Waals surface area contributed by atoms with Crippen LogP contribution in [0.1, 0.15) is 5.56 Å². The highest BCUT2D eigenvalue weighted by molar-refractivity contribution is 9.10. The second kappa shape index (κ2) is 7.59. The topological polar surface area (TPSA) is 93.5 Å². The molecule has 0 atom stereocenters. The van der Waals surface area contributed by atoms with Crippen molar-refractivity contribution in [2.75, 3.05) is 12.4 Å². The standard InChI is InChI=1S/C15H14BrN3O4/c1-23-14-8-12(19(21)22)5-6-13(14)18-15(20)17-9-10-3-2-4-11(16)7-10/h2-8H,9H2,1H3,(H2,17,18,20). The van der Waals surface area contributed by atoms with Gasteiger partial charge in [-0.25, -0.2) is 4.79 Å². The predicted molar refractivity (Wildman–Crippen MR) is 89.6 cm³/mol. The smallest absolute Gasteiger partial charge is 0.319 e. The van der Waals surface area contributed by atoms with Crippen molar-refractivity contribution in [3.8, 4) is 5.75 Å². The third-order valence-electron chi connectivity index (χ3n) is 2.99. The minimum absolute atomic E-state index is 0.109. The number of ether oxygens (including phenoxy) is 1. The van der Waals surface area contributed by atoms with Gasteiger partial charge < -0.3 is 15.4 Å². The highest BCUT2D eigenvalue weighted by atomic mass is 79.9. The van der Waals surface area contributed by atoms with E-state index >= 15 is 0 Å². The fourth-order valence-corrected chi connectivity index (χ4v) is 2.34. The highest BCUT2D eigenvalue weighted by Crippen LogP contribution is 2.28. The number of nitrogens with one attached hydrogen (secondary N) is 2. The van der Waals surface area contributed by atoms with Crippen LogP contribution in [0.25, 0.3) is 0 Å². The van der Waals surface area contributed by atoms with Crippen molar-refractivity contribution in [3.05, 3.63) is 62.6 Å². The second-order valence-corrected chi connectivity index (χ2v) is 5.49. The first kappa shape index (κ1) is 16.8. The van der Waals surface area contributed by atoms with E-state index in [9.17, 15) is 14.9 Å². The second-order valence-electron chi connectivity index (χ2n) is 4.58. The maximum Gasteiger partial charge on any atom is 0.319 e. The zero-order chi connectivity index (χ0) is 16.8. The van der Waals surface area contributed by atoms with Gasteiger partial charge in [-0.3, -0.25) is 10.1 Å². The minimum atomic E-state index is -0.528. The number of rotatable bonds is 5. The third kappa shape index (κ3) is 4.68. The Morgan fingerprint density at radius 2 is 2.09 bits per heavy atom. The molecule has 8 heteroatoms. The summed E-state index contributed by atoms with van der Waals surface area (Å²) in [6, 6.07) is 11.1. The van der Waals surface area contributed by atoms with Crippen LogP contribution in [0.15, 0.2) is 46.9 Å². The van der Waals surface area contributed by atoms with E-state index in [0.717, 1.165) is 10.0 Å². The Balaban J connectivity index is 2.01. The largest absolute Gasteiger partial charge is 0.494 e. The summed E-state index contributed by atoms with van der Waals surface area (Å²) in [4.78, 5) is 22.1. The van der Waals surface area contributed by atoms with Crippen molar-refractivity contribution in [1.82, 2.24) is 5.32 Å². The summed E-state index contributed by atoms with van der Waals surface area (Å²) in [7, 11) is 1.38. The van der Waals surface area contributed by atoms with Crippen molar-refractivity contribution in [1.29, 1.82) is 0 Å². The average molecular weight is 380 g/mol. The van der Waals surface area contributed by atoms with Crippen LogP contribution in [-0.4, -0.2) is 18.1 Å². The van der Waals surface area contributed by atoms with Crippen molar-refractivity contribution in [2.45, 2.75) is 6.54 Å². The molecule has 0 bridgehead atoms. The molecule has 0 radical (unpaired) electrons. The maximum atomic E-state index is 11.9. The van der Waals surface area contributed by atoms with E-state index in [1.165, 1.54) is 25.3 Å². The van der Waals surface area contributed by atoms with Crippen LogP contribution in [0.2, 0.25) is 0 Å². The summed E-state index contributed by atoms with van der Waals surface area (Å²) in [5.41, 5.74) is 1.18. The molecule has 0 aromatic heterocycles. The number of non-ortho nitro benzene ring substituents is 1. The number of nitrogens with zero attached hydrogens (tertiary/aromatic N) is 1. The normalized spacial score (nSPS) is 10.0. The first-order chi connectivity index (χ1) is 11.0. The van der Waals surface area contributed by atoms with E-state index in [2.05, 4.69) is 26.6 Å². The molecule has 0 aliphatic carbocycles. The van der Waals surface area contributed by atoms with Gasteiger partial charge in [-0.05, 0) is 23.8 Å². The number of benzene rings is 2. The van der Waals surface area contributed by atoms with Gasteiger partial charge in [-0.15, -0.1) is 0 Å². The van der Waals surface area contributed by atoms with Crippen LogP contribution in [0, 0.1) is 10.1 Å². The lowest BCUT2D eigenvalue weighted by Gasteiger charge is -2.11. The van der Waals surface area contributed by atoms with E-state index in [1.54, 1.807) is 0 Å². The zero-order valence-electron chi connectivity index (χ0n) is 12.2. The van der Waals surface area contributed by atoms with E-state index in [1.807, 2.05) is 24.3 Å². The quantitative estimate of drug-likeness (QED) is 0.611. The van der Waals surface area contributed by atoms with E-state index in [4.69, 9.17) is 4.74 Å². The molecule has 0 spiro atoms. The minimum Gasteiger partial charge on any atom is -0.494 e. The van der Waals surface area contributed by atoms with Gasteiger partial charge in [0.15, 0.2) is 0 Å². The molecule has 0 unspecified atom stereocenters. The van der Waals surface area contributed by atoms with Gasteiger partial charge in [0.25, 0.3) is 5.69 Å². The average Bonchev–Trinajstić information content (AvgIpc) is 2.53. The number of anilines is 1. The summed E-state index contributed by atoms with van der Waals surface area (Å²) >= 11 is 3.36. The van der Waals surface area contributed by atoms with Crippen molar-refractivity contribution < 1.29 is 14.5 Å². The zero-order valence-corrected chi connectivity index (χ0v) is 13.8. The summed E-state index contributed by atoms with van der Waals surface area (Å²) in [5, 5.41) is 16.0. The number of urea groups is 1. The number of halogens is 1. The first-order valence-corrected chi connectivity index (χ1v) is 7.40. The highest BCUT2D eigenvalue weighted by Gasteiger charge is 2.13. The molecule has 120 valence electrons. The summed E-state index contributed by atoms with van der Waals surface area (Å²) in [5.74, 6) is 0.219. The van der Waals surface area contributed by atoms with E-state index in [0.29, 0.717) is 12.2 Å². The Labute approximate surface area is 140 Å². The Kier molecular flexibility index (Phi) is 5.53. The van der Waals surface area contributed by atoms with Crippen molar-refractivity contribution in [2.24, 2.45) is 0 Å². The lowest BCUT2D eigenvalue weighted by molar-refractivity contribution is -0.384. The van der Waals surface area contributed by atoms with Gasteiger partial charge in [-0.1, -0.05) is 28.1 Å². The predicted octanol–water partition coefficient (Wildman–Crippen LogP) is 3.69. The number of carbonyl (C=O) groups is 1. The molecular weight excluding hydrogens is 366 g/mol. The lowest BCUT2D eigenvalue weighted by Crippen LogP contribution is -2.28. The Morgan fingerprint density at radius 3 is 2.74 bits per heavy atom. The summed E-state index contributed by atoms with van der Waals surface area (Å²) < 4.78 is 5.99. The fourth-order valence-electron chi connectivity index (χ4n) is 1.89. The molecule has 2 N–H and O–H groups in total. The number of nitro benzene ring substituents is 1. The SMILES string of the molecule is COc1cc([N+](=O)[O-])ccc1NC(=O)NCc1cccc(Br)c1. The fraction of sp³-hybridized carbons (Fsp3) is 0.133. The first-order valence-electron chi connectivity index (χ1n) is 6.61. The Bertz CT molecular complexity index is 736. The van der Waals surface area contributed by atoms with Crippen LogP contribution >= 0.6 is 15.9 Å². The summed E-state index contributed by atoms with van der Waals surface area (Å²) in [6.45, 7) is 0.348. The van der Waals surface area contributed by atoms with Crippen LogP contribution in [-0.2, 0) is 6.54 Å². The number of hydrogen-bond donors (Lipinski definition) is 2. The van der Waals surface area contributed by atoms with Crippen molar-refractivity contribution in [3.63, 3.8) is 0 Å². The van der Waals surface area contributed by atoms with E-state index in [-0.39, 0.29) is 11.4 Å². The molecule has 0 heterocycles. The summed E-state index contributed by atoms with van der Waals surface area (Å²) in [6.07, 6.45) is 0. The van der Waals surface area contributed by atoms with Crippen molar-refractivity contribution >= 4 is 33.3 Å². The monoisotopic (exact) mass is 379 g/mol.